The average Bonchev–Trinajstić information content (AvgIpc) is 2.57. The first-order valence-corrected chi connectivity index (χ1v) is 9.64. The minimum atomic E-state index is -3.55. The predicted molar refractivity (Wildman–Crippen MR) is 94.8 cm³/mol. The number of halogens is 1. The number of benzene rings is 2. The van der Waals surface area contributed by atoms with Crippen molar-refractivity contribution in [3.63, 3.8) is 0 Å². The number of hydrogen-bond acceptors (Lipinski definition) is 3. The lowest BCUT2D eigenvalue weighted by Gasteiger charge is -2.32. The van der Waals surface area contributed by atoms with Crippen LogP contribution >= 0.6 is 11.6 Å². The van der Waals surface area contributed by atoms with Gasteiger partial charge in [-0.1, -0.05) is 35.9 Å². The van der Waals surface area contributed by atoms with Crippen LogP contribution in [0.4, 0.5) is 0 Å². The normalized spacial score (nSPS) is 19.4. The molecule has 1 fully saturated rings. The van der Waals surface area contributed by atoms with E-state index < -0.39 is 10.0 Å². The highest BCUT2D eigenvalue weighted by molar-refractivity contribution is 7.89. The van der Waals surface area contributed by atoms with Gasteiger partial charge in [-0.05, 0) is 48.7 Å². The first-order valence-electron chi connectivity index (χ1n) is 7.82. The minimum absolute atomic E-state index is 0.288. The molecule has 6 heteroatoms. The molecule has 0 bridgehead atoms. The van der Waals surface area contributed by atoms with Gasteiger partial charge in [0.25, 0.3) is 0 Å². The highest BCUT2D eigenvalue weighted by Crippen LogP contribution is 2.29. The van der Waals surface area contributed by atoms with Gasteiger partial charge in [-0.15, -0.1) is 0 Å². The molecule has 2 aromatic rings. The maximum absolute atomic E-state index is 13.0. The lowest BCUT2D eigenvalue weighted by molar-refractivity contribution is -0.00256. The number of morpholine rings is 1. The van der Waals surface area contributed by atoms with Gasteiger partial charge >= 0.3 is 0 Å². The van der Waals surface area contributed by atoms with Crippen LogP contribution in [0.3, 0.4) is 0 Å². The Kier molecular flexibility index (Phi) is 4.97. The Balaban J connectivity index is 1.90. The molecule has 0 spiro atoms. The molecule has 0 N–H and O–H groups in total. The van der Waals surface area contributed by atoms with Crippen molar-refractivity contribution in [2.24, 2.45) is 0 Å². The van der Waals surface area contributed by atoms with Crippen LogP contribution in [-0.2, 0) is 14.8 Å². The molecule has 1 aliphatic rings. The molecular formula is C18H20ClNO3S. The van der Waals surface area contributed by atoms with Crippen molar-refractivity contribution in [2.45, 2.75) is 24.8 Å². The Labute approximate surface area is 148 Å². The second-order valence-corrected chi connectivity index (χ2v) is 8.39. The molecule has 1 saturated heterocycles. The van der Waals surface area contributed by atoms with Gasteiger partial charge < -0.3 is 4.74 Å². The van der Waals surface area contributed by atoms with Crippen LogP contribution in [-0.4, -0.2) is 32.4 Å². The van der Waals surface area contributed by atoms with Gasteiger partial charge in [0.1, 0.15) is 0 Å². The van der Waals surface area contributed by atoms with Crippen molar-refractivity contribution in [1.82, 2.24) is 4.31 Å². The van der Waals surface area contributed by atoms with Gasteiger partial charge in [0.15, 0.2) is 0 Å². The Bertz CT molecular complexity index is 851. The Morgan fingerprint density at radius 1 is 1.17 bits per heavy atom. The minimum Gasteiger partial charge on any atom is -0.371 e. The maximum atomic E-state index is 13.0. The Morgan fingerprint density at radius 2 is 1.96 bits per heavy atom. The molecule has 2 aromatic carbocycles. The van der Waals surface area contributed by atoms with E-state index in [2.05, 4.69) is 0 Å². The zero-order chi connectivity index (χ0) is 17.3. The highest BCUT2D eigenvalue weighted by atomic mass is 35.5. The Morgan fingerprint density at radius 3 is 2.71 bits per heavy atom. The lowest BCUT2D eigenvalue weighted by atomic mass is 10.1. The molecule has 0 saturated carbocycles. The van der Waals surface area contributed by atoms with Crippen LogP contribution < -0.4 is 0 Å². The summed E-state index contributed by atoms with van der Waals surface area (Å²) in [7, 11) is -3.55. The van der Waals surface area contributed by atoms with Crippen molar-refractivity contribution < 1.29 is 13.2 Å². The number of ether oxygens (including phenoxy) is 1. The summed E-state index contributed by atoms with van der Waals surface area (Å²) < 4.78 is 33.4. The van der Waals surface area contributed by atoms with Gasteiger partial charge in [0, 0.05) is 18.1 Å². The zero-order valence-corrected chi connectivity index (χ0v) is 15.3. The van der Waals surface area contributed by atoms with E-state index in [4.69, 9.17) is 16.3 Å². The van der Waals surface area contributed by atoms with Crippen molar-refractivity contribution in [2.75, 3.05) is 19.7 Å². The number of aryl methyl sites for hydroxylation is 2. The molecule has 128 valence electrons. The quantitative estimate of drug-likeness (QED) is 0.832. The number of nitrogens with zero attached hydrogens (tertiary/aromatic N) is 1. The highest BCUT2D eigenvalue weighted by Gasteiger charge is 2.32. The fraction of sp³-hybridized carbons (Fsp3) is 0.333. The van der Waals surface area contributed by atoms with E-state index in [0.717, 1.165) is 16.7 Å². The SMILES string of the molecule is Cc1ccc(C)c(S(=O)(=O)N2CCOC(c3cccc(Cl)c3)C2)c1. The van der Waals surface area contributed by atoms with E-state index >= 15 is 0 Å². The maximum Gasteiger partial charge on any atom is 0.243 e. The number of hydrogen-bond donors (Lipinski definition) is 0. The summed E-state index contributed by atoms with van der Waals surface area (Å²) >= 11 is 6.04. The molecule has 1 unspecified atom stereocenters. The third-order valence-corrected chi connectivity index (χ3v) is 6.45. The summed E-state index contributed by atoms with van der Waals surface area (Å²) in [4.78, 5) is 0.370. The molecule has 1 aliphatic heterocycles. The molecular weight excluding hydrogens is 346 g/mol. The fourth-order valence-electron chi connectivity index (χ4n) is 2.88. The van der Waals surface area contributed by atoms with Crippen molar-refractivity contribution >= 4 is 21.6 Å². The van der Waals surface area contributed by atoms with Gasteiger partial charge in [-0.3, -0.25) is 0 Å². The summed E-state index contributed by atoms with van der Waals surface area (Å²) in [6.45, 7) is 4.72. The van der Waals surface area contributed by atoms with Gasteiger partial charge in [-0.25, -0.2) is 8.42 Å². The zero-order valence-electron chi connectivity index (χ0n) is 13.7. The molecule has 0 aliphatic carbocycles. The van der Waals surface area contributed by atoms with Gasteiger partial charge in [-0.2, -0.15) is 4.31 Å². The molecule has 0 aromatic heterocycles. The molecule has 0 amide bonds. The van der Waals surface area contributed by atoms with Crippen LogP contribution in [0.2, 0.25) is 5.02 Å². The summed E-state index contributed by atoms with van der Waals surface area (Å²) in [5.74, 6) is 0. The van der Waals surface area contributed by atoms with E-state index in [-0.39, 0.29) is 12.6 Å². The smallest absolute Gasteiger partial charge is 0.243 e. The van der Waals surface area contributed by atoms with Crippen LogP contribution in [0, 0.1) is 13.8 Å². The molecule has 1 atom stereocenters. The standard InChI is InChI=1S/C18H20ClNO3S/c1-13-6-7-14(2)18(10-13)24(21,22)20-8-9-23-17(12-20)15-4-3-5-16(19)11-15/h3-7,10-11,17H,8-9,12H2,1-2H3. The predicted octanol–water partition coefficient (Wildman–Crippen LogP) is 3.72. The van der Waals surface area contributed by atoms with Crippen LogP contribution in [0.5, 0.6) is 0 Å². The van der Waals surface area contributed by atoms with Crippen LogP contribution in [0.1, 0.15) is 22.8 Å². The van der Waals surface area contributed by atoms with Crippen LogP contribution in [0.15, 0.2) is 47.4 Å². The van der Waals surface area contributed by atoms with E-state index in [1.807, 2.05) is 44.2 Å². The van der Waals surface area contributed by atoms with E-state index in [9.17, 15) is 8.42 Å². The average molecular weight is 366 g/mol. The number of rotatable bonds is 3. The Hall–Kier alpha value is -1.40. The summed E-state index contributed by atoms with van der Waals surface area (Å²) in [6.07, 6.45) is -0.308. The van der Waals surface area contributed by atoms with E-state index in [1.54, 1.807) is 12.1 Å². The molecule has 1 heterocycles. The largest absolute Gasteiger partial charge is 0.371 e. The second kappa shape index (κ2) is 6.84. The lowest BCUT2D eigenvalue weighted by Crippen LogP contribution is -2.42. The van der Waals surface area contributed by atoms with E-state index in [0.29, 0.717) is 23.1 Å². The summed E-state index contributed by atoms with van der Waals surface area (Å²) in [6, 6.07) is 12.9. The van der Waals surface area contributed by atoms with Crippen molar-refractivity contribution in [3.8, 4) is 0 Å². The second-order valence-electron chi connectivity index (χ2n) is 6.05. The van der Waals surface area contributed by atoms with Crippen molar-refractivity contribution in [1.29, 1.82) is 0 Å². The van der Waals surface area contributed by atoms with Gasteiger partial charge in [0.05, 0.1) is 17.6 Å². The summed E-state index contributed by atoms with van der Waals surface area (Å²) in [5, 5.41) is 0.616. The molecule has 0 radical (unpaired) electrons. The van der Waals surface area contributed by atoms with Gasteiger partial charge in [0.2, 0.25) is 10.0 Å². The van der Waals surface area contributed by atoms with Crippen LogP contribution in [0.25, 0.3) is 0 Å². The fourth-order valence-corrected chi connectivity index (χ4v) is 4.81. The monoisotopic (exact) mass is 365 g/mol. The van der Waals surface area contributed by atoms with E-state index in [1.165, 1.54) is 4.31 Å². The first-order chi connectivity index (χ1) is 11.4. The summed E-state index contributed by atoms with van der Waals surface area (Å²) in [5.41, 5.74) is 2.58. The third kappa shape index (κ3) is 3.49. The molecule has 4 nitrogen and oxygen atoms in total. The van der Waals surface area contributed by atoms with Crippen molar-refractivity contribution in [3.05, 3.63) is 64.2 Å². The third-order valence-electron chi connectivity index (χ3n) is 4.21. The first kappa shape index (κ1) is 17.4. The molecule has 3 rings (SSSR count). The topological polar surface area (TPSA) is 46.6 Å². The number of sulfonamides is 1. The molecule has 24 heavy (non-hydrogen) atoms.